The number of nitrogens with one attached hydrogen (secondary N) is 1. The van der Waals surface area contributed by atoms with E-state index in [1.54, 1.807) is 23.6 Å². The van der Waals surface area contributed by atoms with Gasteiger partial charge in [-0.2, -0.15) is 4.98 Å². The standard InChI is InChI=1S/C19H20N4O3S/c1-11-9-15(27-12(11)2)19(25)23-7-5-13(6-8-23)17-21-18(26-22-17)14-3-4-16(24)20-10-14/h3-4,9-10,13H,5-8H2,1-2H3,(H,20,24). The van der Waals surface area contributed by atoms with Crippen LogP contribution in [-0.4, -0.2) is 39.0 Å². The van der Waals surface area contributed by atoms with Gasteiger partial charge in [0.1, 0.15) is 0 Å². The minimum Gasteiger partial charge on any atom is -0.338 e. The Balaban J connectivity index is 1.41. The van der Waals surface area contributed by atoms with E-state index in [9.17, 15) is 9.59 Å². The zero-order valence-electron chi connectivity index (χ0n) is 15.2. The fourth-order valence-corrected chi connectivity index (χ4v) is 4.24. The normalized spacial score (nSPS) is 15.3. The summed E-state index contributed by atoms with van der Waals surface area (Å²) in [5.41, 5.74) is 1.68. The van der Waals surface area contributed by atoms with Gasteiger partial charge in [0.15, 0.2) is 5.82 Å². The predicted molar refractivity (Wildman–Crippen MR) is 102 cm³/mol. The second kappa shape index (κ2) is 7.11. The molecule has 8 heteroatoms. The Morgan fingerprint density at radius 3 is 2.70 bits per heavy atom. The van der Waals surface area contributed by atoms with Gasteiger partial charge in [0.05, 0.1) is 10.4 Å². The summed E-state index contributed by atoms with van der Waals surface area (Å²) in [7, 11) is 0. The van der Waals surface area contributed by atoms with Gasteiger partial charge in [-0.25, -0.2) is 0 Å². The van der Waals surface area contributed by atoms with E-state index in [1.165, 1.54) is 16.5 Å². The molecule has 0 radical (unpaired) electrons. The van der Waals surface area contributed by atoms with Crippen LogP contribution >= 0.6 is 11.3 Å². The monoisotopic (exact) mass is 384 g/mol. The van der Waals surface area contributed by atoms with Gasteiger partial charge in [0.25, 0.3) is 11.8 Å². The maximum atomic E-state index is 12.7. The molecular weight excluding hydrogens is 364 g/mol. The van der Waals surface area contributed by atoms with E-state index >= 15 is 0 Å². The second-order valence-corrected chi connectivity index (χ2v) is 8.07. The van der Waals surface area contributed by atoms with Crippen molar-refractivity contribution >= 4 is 17.2 Å². The zero-order chi connectivity index (χ0) is 19.0. The SMILES string of the molecule is Cc1cc(C(=O)N2CCC(c3noc(-c4ccc(=O)[nH]c4)n3)CC2)sc1C. The largest absolute Gasteiger partial charge is 0.338 e. The van der Waals surface area contributed by atoms with Crippen molar-refractivity contribution in [3.63, 3.8) is 0 Å². The fourth-order valence-electron chi connectivity index (χ4n) is 3.24. The van der Waals surface area contributed by atoms with Gasteiger partial charge in [-0.15, -0.1) is 11.3 Å². The van der Waals surface area contributed by atoms with Crippen LogP contribution in [0.3, 0.4) is 0 Å². The summed E-state index contributed by atoms with van der Waals surface area (Å²) in [6.45, 7) is 5.44. The molecule has 1 aliphatic heterocycles. The van der Waals surface area contributed by atoms with Gasteiger partial charge in [-0.05, 0) is 44.4 Å². The Hall–Kier alpha value is -2.74. The van der Waals surface area contributed by atoms with Crippen molar-refractivity contribution < 1.29 is 9.32 Å². The number of pyridine rings is 1. The number of carbonyl (C=O) groups is 1. The fraction of sp³-hybridized carbons (Fsp3) is 0.368. The Bertz CT molecular complexity index is 988. The molecule has 1 saturated heterocycles. The van der Waals surface area contributed by atoms with Gasteiger partial charge in [-0.1, -0.05) is 5.16 Å². The van der Waals surface area contributed by atoms with Crippen molar-refractivity contribution in [2.75, 3.05) is 13.1 Å². The van der Waals surface area contributed by atoms with Crippen molar-refractivity contribution in [3.8, 4) is 11.5 Å². The molecule has 27 heavy (non-hydrogen) atoms. The van der Waals surface area contributed by atoms with Crippen molar-refractivity contribution in [2.24, 2.45) is 0 Å². The first-order valence-corrected chi connectivity index (χ1v) is 9.72. The third-order valence-corrected chi connectivity index (χ3v) is 6.14. The van der Waals surface area contributed by atoms with Crippen LogP contribution in [0.15, 0.2) is 33.7 Å². The van der Waals surface area contributed by atoms with Crippen molar-refractivity contribution in [2.45, 2.75) is 32.6 Å². The van der Waals surface area contributed by atoms with Crippen LogP contribution in [0.4, 0.5) is 0 Å². The molecular formula is C19H20N4O3S. The molecule has 1 fully saturated rings. The number of likely N-dealkylation sites (tertiary alicyclic amines) is 1. The lowest BCUT2D eigenvalue weighted by Crippen LogP contribution is -2.37. The number of aromatic amines is 1. The van der Waals surface area contributed by atoms with Crippen molar-refractivity contribution in [1.29, 1.82) is 0 Å². The summed E-state index contributed by atoms with van der Waals surface area (Å²) in [6, 6.07) is 5.06. The topological polar surface area (TPSA) is 92.1 Å². The molecule has 1 aliphatic rings. The van der Waals surface area contributed by atoms with Gasteiger partial charge in [0.2, 0.25) is 5.56 Å². The van der Waals surface area contributed by atoms with Crippen LogP contribution in [0.5, 0.6) is 0 Å². The summed E-state index contributed by atoms with van der Waals surface area (Å²) in [6.07, 6.45) is 3.17. The summed E-state index contributed by atoms with van der Waals surface area (Å²) >= 11 is 1.56. The van der Waals surface area contributed by atoms with Crippen LogP contribution in [0, 0.1) is 13.8 Å². The number of aryl methyl sites for hydroxylation is 2. The number of rotatable bonds is 3. The van der Waals surface area contributed by atoms with Gasteiger partial charge in [0, 0.05) is 36.1 Å². The molecule has 3 aromatic rings. The molecule has 1 N–H and O–H groups in total. The molecule has 0 spiro atoms. The Morgan fingerprint density at radius 2 is 2.07 bits per heavy atom. The van der Waals surface area contributed by atoms with E-state index in [1.807, 2.05) is 24.8 Å². The van der Waals surface area contributed by atoms with E-state index in [2.05, 4.69) is 15.1 Å². The predicted octanol–water partition coefficient (Wildman–Crippen LogP) is 3.12. The van der Waals surface area contributed by atoms with Crippen LogP contribution in [0.1, 0.15) is 44.7 Å². The number of H-pyrrole nitrogens is 1. The van der Waals surface area contributed by atoms with Crippen LogP contribution < -0.4 is 5.56 Å². The third-order valence-electron chi connectivity index (χ3n) is 5.00. The number of nitrogens with zero attached hydrogens (tertiary/aromatic N) is 3. The quantitative estimate of drug-likeness (QED) is 0.749. The van der Waals surface area contributed by atoms with Crippen LogP contribution in [0.2, 0.25) is 0 Å². The zero-order valence-corrected chi connectivity index (χ0v) is 16.0. The summed E-state index contributed by atoms with van der Waals surface area (Å²) in [4.78, 5) is 34.8. The molecule has 1 amide bonds. The van der Waals surface area contributed by atoms with Gasteiger partial charge >= 0.3 is 0 Å². The number of thiophene rings is 1. The minimum atomic E-state index is -0.174. The molecule has 4 heterocycles. The maximum absolute atomic E-state index is 12.7. The highest BCUT2D eigenvalue weighted by Crippen LogP contribution is 2.29. The summed E-state index contributed by atoms with van der Waals surface area (Å²) in [5, 5.41) is 4.10. The second-order valence-electron chi connectivity index (χ2n) is 6.82. The summed E-state index contributed by atoms with van der Waals surface area (Å²) < 4.78 is 5.34. The van der Waals surface area contributed by atoms with Crippen LogP contribution in [-0.2, 0) is 0 Å². The summed E-state index contributed by atoms with van der Waals surface area (Å²) in [5.74, 6) is 1.33. The highest BCUT2D eigenvalue weighted by Gasteiger charge is 2.28. The van der Waals surface area contributed by atoms with Crippen LogP contribution in [0.25, 0.3) is 11.5 Å². The Kier molecular flexibility index (Phi) is 4.65. The average Bonchev–Trinajstić information content (AvgIpc) is 3.29. The molecule has 0 unspecified atom stereocenters. The number of amides is 1. The molecule has 140 valence electrons. The Morgan fingerprint density at radius 1 is 1.30 bits per heavy atom. The van der Waals surface area contributed by atoms with E-state index in [-0.39, 0.29) is 17.4 Å². The van der Waals surface area contributed by atoms with Crippen molar-refractivity contribution in [3.05, 3.63) is 55.9 Å². The number of hydrogen-bond donors (Lipinski definition) is 1. The third kappa shape index (κ3) is 3.57. The number of aromatic nitrogens is 3. The van der Waals surface area contributed by atoms with Gasteiger partial charge < -0.3 is 14.4 Å². The Labute approximate surface area is 160 Å². The van der Waals surface area contributed by atoms with E-state index in [0.717, 1.165) is 17.7 Å². The highest BCUT2D eigenvalue weighted by atomic mass is 32.1. The molecule has 0 saturated carbocycles. The van der Waals surface area contributed by atoms with E-state index in [4.69, 9.17) is 4.52 Å². The first-order valence-electron chi connectivity index (χ1n) is 8.90. The van der Waals surface area contributed by atoms with Crippen molar-refractivity contribution in [1.82, 2.24) is 20.0 Å². The first-order chi connectivity index (χ1) is 13.0. The average molecular weight is 384 g/mol. The molecule has 4 rings (SSSR count). The first kappa shape index (κ1) is 17.7. The molecule has 0 aliphatic carbocycles. The molecule has 0 atom stereocenters. The van der Waals surface area contributed by atoms with Gasteiger partial charge in [-0.3, -0.25) is 9.59 Å². The lowest BCUT2D eigenvalue weighted by Gasteiger charge is -2.30. The number of piperidine rings is 1. The smallest absolute Gasteiger partial charge is 0.263 e. The number of hydrogen-bond acceptors (Lipinski definition) is 6. The lowest BCUT2D eigenvalue weighted by atomic mass is 9.96. The number of carbonyl (C=O) groups excluding carboxylic acids is 1. The molecule has 3 aromatic heterocycles. The van der Waals surface area contributed by atoms with E-state index < -0.39 is 0 Å². The molecule has 0 aromatic carbocycles. The highest BCUT2D eigenvalue weighted by molar-refractivity contribution is 7.14. The molecule has 7 nitrogen and oxygen atoms in total. The lowest BCUT2D eigenvalue weighted by molar-refractivity contribution is 0.0715. The maximum Gasteiger partial charge on any atom is 0.263 e. The van der Waals surface area contributed by atoms with E-state index in [0.29, 0.717) is 30.4 Å². The molecule has 0 bridgehead atoms. The minimum absolute atomic E-state index is 0.108.